The zero-order valence-electron chi connectivity index (χ0n) is 53.3. The van der Waals surface area contributed by atoms with E-state index in [2.05, 4.69) is 130 Å². The van der Waals surface area contributed by atoms with Gasteiger partial charge >= 0.3 is 17.9 Å². The number of esters is 3. The molecule has 0 aromatic carbocycles. The van der Waals surface area contributed by atoms with Crippen molar-refractivity contribution in [3.8, 4) is 0 Å². The van der Waals surface area contributed by atoms with Crippen molar-refractivity contribution in [2.24, 2.45) is 0 Å². The summed E-state index contributed by atoms with van der Waals surface area (Å²) in [5.74, 6) is -0.894. The Bertz CT molecular complexity index is 1620. The fraction of sp³-hybridized carbons (Fsp3) is 0.720. The lowest BCUT2D eigenvalue weighted by Crippen LogP contribution is -2.30. The average Bonchev–Trinajstić information content (AvgIpc) is 3.47. The Kier molecular flexibility index (Phi) is 65.2. The number of rotatable bonds is 62. The van der Waals surface area contributed by atoms with Crippen LogP contribution in [-0.4, -0.2) is 37.2 Å². The highest BCUT2D eigenvalue weighted by Gasteiger charge is 2.19. The van der Waals surface area contributed by atoms with E-state index in [1.54, 1.807) is 0 Å². The van der Waals surface area contributed by atoms with Gasteiger partial charge in [0.25, 0.3) is 0 Å². The summed E-state index contributed by atoms with van der Waals surface area (Å²) in [7, 11) is 0. The first-order chi connectivity index (χ1) is 40.0. The van der Waals surface area contributed by atoms with E-state index in [0.717, 1.165) is 122 Å². The van der Waals surface area contributed by atoms with Crippen LogP contribution in [0.15, 0.2) is 109 Å². The number of ether oxygens (including phenoxy) is 3. The van der Waals surface area contributed by atoms with E-state index in [9.17, 15) is 14.4 Å². The van der Waals surface area contributed by atoms with Crippen molar-refractivity contribution < 1.29 is 28.6 Å². The quantitative estimate of drug-likeness (QED) is 0.0261. The number of unbranched alkanes of at least 4 members (excludes halogenated alkanes) is 33. The molecule has 0 bridgehead atoms. The molecular formula is C75H128O6. The van der Waals surface area contributed by atoms with E-state index in [4.69, 9.17) is 14.2 Å². The summed E-state index contributed by atoms with van der Waals surface area (Å²) in [6.07, 6.45) is 94.5. The summed E-state index contributed by atoms with van der Waals surface area (Å²) in [6.45, 7) is 6.45. The Balaban J connectivity index is 4.02. The fourth-order valence-electron chi connectivity index (χ4n) is 9.63. The van der Waals surface area contributed by atoms with Gasteiger partial charge in [-0.15, -0.1) is 0 Å². The van der Waals surface area contributed by atoms with Gasteiger partial charge in [0.1, 0.15) is 13.2 Å². The van der Waals surface area contributed by atoms with Crippen molar-refractivity contribution in [3.05, 3.63) is 109 Å². The number of hydrogen-bond acceptors (Lipinski definition) is 6. The van der Waals surface area contributed by atoms with Gasteiger partial charge in [0.15, 0.2) is 6.10 Å². The highest BCUT2D eigenvalue weighted by Crippen LogP contribution is 2.17. The molecule has 1 atom stereocenters. The highest BCUT2D eigenvalue weighted by molar-refractivity contribution is 5.71. The second-order valence-electron chi connectivity index (χ2n) is 22.7. The Morgan fingerprint density at radius 1 is 0.259 bits per heavy atom. The number of hydrogen-bond donors (Lipinski definition) is 0. The van der Waals surface area contributed by atoms with Crippen LogP contribution in [0.1, 0.15) is 329 Å². The number of carbonyl (C=O) groups excluding carboxylic acids is 3. The molecule has 0 amide bonds. The molecule has 6 nitrogen and oxygen atoms in total. The van der Waals surface area contributed by atoms with Gasteiger partial charge in [-0.1, -0.05) is 310 Å². The molecule has 0 fully saturated rings. The summed E-state index contributed by atoms with van der Waals surface area (Å²) < 4.78 is 16.8. The third kappa shape index (κ3) is 66.8. The first-order valence-corrected chi connectivity index (χ1v) is 34.4. The fourth-order valence-corrected chi connectivity index (χ4v) is 9.63. The van der Waals surface area contributed by atoms with Gasteiger partial charge in [0.2, 0.25) is 0 Å². The standard InChI is InChI=1S/C75H128O6/c1-4-7-10-13-15-17-19-21-23-25-27-29-31-33-35-36-37-38-40-41-43-45-47-49-51-53-55-57-59-62-65-68-74(77)80-71-72(70-79-73(76)67-64-61-12-9-6-3)81-75(78)69-66-63-60-58-56-54-52-50-48-46-44-42-39-34-32-30-28-26-24-22-20-18-16-14-11-8-5-2/h8,11,16,18-19,21-22,24-25,27-28,30-31,33-34,39,44,46,72H,4-7,9-10,12-15,17,20,23,26,29,32,35-38,40-43,45,47-71H2,1-3H3/b11-8-,18-16-,21-19-,24-22-,27-25-,30-28-,33-31-,39-34-,46-44-. The Labute approximate surface area is 501 Å². The molecule has 6 heteroatoms. The summed E-state index contributed by atoms with van der Waals surface area (Å²) in [6, 6.07) is 0. The van der Waals surface area contributed by atoms with Crippen molar-refractivity contribution in [2.75, 3.05) is 13.2 Å². The van der Waals surface area contributed by atoms with E-state index in [1.807, 2.05) is 0 Å². The van der Waals surface area contributed by atoms with Crippen LogP contribution in [0.2, 0.25) is 0 Å². The zero-order chi connectivity index (χ0) is 58.5. The molecule has 0 rings (SSSR count). The molecule has 0 radical (unpaired) electrons. The molecule has 0 aliphatic rings. The SMILES string of the molecule is CC/C=C\C/C=C\C/C=C\C/C=C\C/C=C\C/C=C\CCCCCCCCCCC(=O)OC(COC(=O)CCCCCCC)COC(=O)CCCCCCCCCCCCCCCCCC/C=C\C/C=C\C/C=C\CCCCCCC. The van der Waals surface area contributed by atoms with Gasteiger partial charge in [-0.05, 0) is 109 Å². The van der Waals surface area contributed by atoms with Crippen molar-refractivity contribution in [1.29, 1.82) is 0 Å². The van der Waals surface area contributed by atoms with Gasteiger partial charge < -0.3 is 14.2 Å². The molecular weight excluding hydrogens is 997 g/mol. The summed E-state index contributed by atoms with van der Waals surface area (Å²) in [5, 5.41) is 0. The topological polar surface area (TPSA) is 78.9 Å². The maximum Gasteiger partial charge on any atom is 0.306 e. The molecule has 0 heterocycles. The molecule has 81 heavy (non-hydrogen) atoms. The minimum atomic E-state index is -0.781. The van der Waals surface area contributed by atoms with Crippen LogP contribution in [0.4, 0.5) is 0 Å². The number of carbonyl (C=O) groups is 3. The average molecular weight is 1130 g/mol. The van der Waals surface area contributed by atoms with Crippen LogP contribution in [0.25, 0.3) is 0 Å². The number of allylic oxidation sites excluding steroid dienone is 18. The van der Waals surface area contributed by atoms with Crippen molar-refractivity contribution in [3.63, 3.8) is 0 Å². The third-order valence-electron chi connectivity index (χ3n) is 14.8. The summed E-state index contributed by atoms with van der Waals surface area (Å²) >= 11 is 0. The molecule has 0 aliphatic carbocycles. The van der Waals surface area contributed by atoms with E-state index in [1.165, 1.54) is 167 Å². The molecule has 0 aromatic rings. The van der Waals surface area contributed by atoms with Crippen LogP contribution >= 0.6 is 0 Å². The highest BCUT2D eigenvalue weighted by atomic mass is 16.6. The monoisotopic (exact) mass is 1120 g/mol. The third-order valence-corrected chi connectivity index (χ3v) is 14.8. The lowest BCUT2D eigenvalue weighted by atomic mass is 10.0. The van der Waals surface area contributed by atoms with Crippen LogP contribution in [0, 0.1) is 0 Å². The Morgan fingerprint density at radius 3 is 0.753 bits per heavy atom. The van der Waals surface area contributed by atoms with Gasteiger partial charge in [0.05, 0.1) is 0 Å². The van der Waals surface area contributed by atoms with E-state index >= 15 is 0 Å². The maximum absolute atomic E-state index is 12.9. The molecule has 464 valence electrons. The van der Waals surface area contributed by atoms with Crippen molar-refractivity contribution >= 4 is 17.9 Å². The minimum Gasteiger partial charge on any atom is -0.462 e. The van der Waals surface area contributed by atoms with E-state index < -0.39 is 6.10 Å². The Hall–Kier alpha value is -3.93. The van der Waals surface area contributed by atoms with Crippen LogP contribution in [0.5, 0.6) is 0 Å². The lowest BCUT2D eigenvalue weighted by molar-refractivity contribution is -0.167. The summed E-state index contributed by atoms with van der Waals surface area (Å²) in [4.78, 5) is 38.0. The zero-order valence-corrected chi connectivity index (χ0v) is 53.3. The molecule has 0 aliphatic heterocycles. The second kappa shape index (κ2) is 68.6. The Morgan fingerprint density at radius 2 is 0.481 bits per heavy atom. The minimum absolute atomic E-state index is 0.0801. The largest absolute Gasteiger partial charge is 0.462 e. The van der Waals surface area contributed by atoms with Crippen molar-refractivity contribution in [2.45, 2.75) is 335 Å². The molecule has 1 unspecified atom stereocenters. The predicted molar refractivity (Wildman–Crippen MR) is 353 cm³/mol. The van der Waals surface area contributed by atoms with Crippen molar-refractivity contribution in [1.82, 2.24) is 0 Å². The van der Waals surface area contributed by atoms with E-state index in [-0.39, 0.29) is 31.1 Å². The normalized spacial score (nSPS) is 12.8. The lowest BCUT2D eigenvalue weighted by Gasteiger charge is -2.18. The molecule has 0 N–H and O–H groups in total. The van der Waals surface area contributed by atoms with Gasteiger partial charge in [-0.3, -0.25) is 14.4 Å². The second-order valence-corrected chi connectivity index (χ2v) is 22.7. The summed E-state index contributed by atoms with van der Waals surface area (Å²) in [5.41, 5.74) is 0. The van der Waals surface area contributed by atoms with Gasteiger partial charge in [0, 0.05) is 19.3 Å². The van der Waals surface area contributed by atoms with Crippen LogP contribution < -0.4 is 0 Å². The first kappa shape index (κ1) is 77.1. The maximum atomic E-state index is 12.9. The van der Waals surface area contributed by atoms with Gasteiger partial charge in [-0.25, -0.2) is 0 Å². The smallest absolute Gasteiger partial charge is 0.306 e. The van der Waals surface area contributed by atoms with Gasteiger partial charge in [-0.2, -0.15) is 0 Å². The first-order valence-electron chi connectivity index (χ1n) is 34.4. The van der Waals surface area contributed by atoms with E-state index in [0.29, 0.717) is 19.3 Å². The molecule has 0 saturated carbocycles. The molecule has 0 aromatic heterocycles. The predicted octanol–water partition coefficient (Wildman–Crippen LogP) is 23.8. The molecule has 0 spiro atoms. The van der Waals surface area contributed by atoms with Crippen LogP contribution in [-0.2, 0) is 28.6 Å². The molecule has 0 saturated heterocycles. The van der Waals surface area contributed by atoms with Crippen LogP contribution in [0.3, 0.4) is 0 Å².